The zero-order chi connectivity index (χ0) is 12.8. The van der Waals surface area contributed by atoms with Crippen LogP contribution in [0.2, 0.25) is 0 Å². The van der Waals surface area contributed by atoms with Crippen molar-refractivity contribution < 1.29 is 9.66 Å². The van der Waals surface area contributed by atoms with Crippen molar-refractivity contribution in [3.63, 3.8) is 0 Å². The van der Waals surface area contributed by atoms with E-state index in [-0.39, 0.29) is 16.6 Å². The molecule has 0 saturated carbocycles. The molecule has 1 atom stereocenters. The molecule has 0 spiro atoms. The molecule has 6 heteroatoms. The number of hydrogen-bond donors (Lipinski definition) is 0. The lowest BCUT2D eigenvalue weighted by Crippen LogP contribution is -2.10. The number of methoxy groups -OCH3 is 1. The van der Waals surface area contributed by atoms with Crippen LogP contribution in [-0.2, 0) is 11.2 Å². The molecule has 0 radical (unpaired) electrons. The fraction of sp³-hybridized carbons (Fsp3) is 0.364. The number of nitrogens with zero attached hydrogens (tertiary/aromatic N) is 2. The number of alkyl halides is 1. The molecule has 0 saturated heterocycles. The van der Waals surface area contributed by atoms with E-state index < -0.39 is 4.92 Å². The average molecular weight is 255 g/mol. The highest BCUT2D eigenvalue weighted by atomic mass is 35.5. The van der Waals surface area contributed by atoms with E-state index in [4.69, 9.17) is 21.6 Å². The first-order valence-electron chi connectivity index (χ1n) is 4.89. The molecule has 0 aliphatic rings. The number of benzene rings is 1. The van der Waals surface area contributed by atoms with E-state index in [1.807, 2.05) is 0 Å². The first-order chi connectivity index (χ1) is 8.08. The van der Waals surface area contributed by atoms with Crippen LogP contribution in [0.3, 0.4) is 0 Å². The van der Waals surface area contributed by atoms with Crippen molar-refractivity contribution in [1.82, 2.24) is 0 Å². The van der Waals surface area contributed by atoms with Gasteiger partial charge in [-0.25, -0.2) is 0 Å². The van der Waals surface area contributed by atoms with Crippen LogP contribution >= 0.6 is 11.6 Å². The van der Waals surface area contributed by atoms with E-state index in [1.54, 1.807) is 19.2 Å². The zero-order valence-electron chi connectivity index (χ0n) is 9.22. The Morgan fingerprint density at radius 3 is 2.88 bits per heavy atom. The van der Waals surface area contributed by atoms with Gasteiger partial charge in [0.25, 0.3) is 5.69 Å². The van der Waals surface area contributed by atoms with Crippen molar-refractivity contribution in [2.45, 2.75) is 11.8 Å². The molecule has 1 rings (SSSR count). The summed E-state index contributed by atoms with van der Waals surface area (Å²) < 4.78 is 4.89. The van der Waals surface area contributed by atoms with Crippen molar-refractivity contribution >= 4 is 17.3 Å². The summed E-state index contributed by atoms with van der Waals surface area (Å²) >= 11 is 5.97. The predicted molar refractivity (Wildman–Crippen MR) is 63.0 cm³/mol. The lowest BCUT2D eigenvalue weighted by molar-refractivity contribution is -0.385. The Labute approximate surface area is 104 Å². The van der Waals surface area contributed by atoms with Crippen LogP contribution in [-0.4, -0.2) is 24.0 Å². The third-order valence-electron chi connectivity index (χ3n) is 2.18. The lowest BCUT2D eigenvalue weighted by Gasteiger charge is -2.08. The number of hydrogen-bond acceptors (Lipinski definition) is 4. The fourth-order valence-electron chi connectivity index (χ4n) is 1.45. The standard InChI is InChI=1S/C11H11ClN2O3/c1-17-7-10(12)5-8-2-3-11(14(15)16)9(4-8)6-13/h2-4,10H,5,7H2,1H3. The number of rotatable bonds is 5. The van der Waals surface area contributed by atoms with E-state index in [1.165, 1.54) is 12.1 Å². The van der Waals surface area contributed by atoms with Gasteiger partial charge in [-0.2, -0.15) is 5.26 Å². The molecule has 5 nitrogen and oxygen atoms in total. The first kappa shape index (κ1) is 13.4. The van der Waals surface area contributed by atoms with E-state index in [0.717, 1.165) is 5.56 Å². The second kappa shape index (κ2) is 6.18. The van der Waals surface area contributed by atoms with Crippen molar-refractivity contribution in [1.29, 1.82) is 5.26 Å². The third-order valence-corrected chi connectivity index (χ3v) is 2.46. The molecule has 0 amide bonds. The summed E-state index contributed by atoms with van der Waals surface area (Å²) in [5, 5.41) is 19.2. The smallest absolute Gasteiger partial charge is 0.287 e. The maximum atomic E-state index is 10.6. The molecule has 90 valence electrons. The summed E-state index contributed by atoms with van der Waals surface area (Å²) in [4.78, 5) is 10.1. The topological polar surface area (TPSA) is 76.2 Å². The minimum absolute atomic E-state index is 0.0498. The van der Waals surface area contributed by atoms with E-state index >= 15 is 0 Å². The number of nitriles is 1. The van der Waals surface area contributed by atoms with Gasteiger partial charge in [-0.15, -0.1) is 11.6 Å². The van der Waals surface area contributed by atoms with Crippen LogP contribution in [0.5, 0.6) is 0 Å². The van der Waals surface area contributed by atoms with Crippen LogP contribution in [0, 0.1) is 21.4 Å². The largest absolute Gasteiger partial charge is 0.383 e. The second-order valence-electron chi connectivity index (χ2n) is 3.48. The van der Waals surface area contributed by atoms with E-state index in [2.05, 4.69) is 0 Å². The average Bonchev–Trinajstić information content (AvgIpc) is 2.28. The summed E-state index contributed by atoms with van der Waals surface area (Å²) in [7, 11) is 1.55. The molecule has 0 heterocycles. The van der Waals surface area contributed by atoms with Crippen molar-refractivity contribution in [2.24, 2.45) is 0 Å². The van der Waals surface area contributed by atoms with Crippen LogP contribution in [0.1, 0.15) is 11.1 Å². The van der Waals surface area contributed by atoms with Crippen LogP contribution in [0.4, 0.5) is 5.69 Å². The van der Waals surface area contributed by atoms with Gasteiger partial charge in [0.2, 0.25) is 0 Å². The third kappa shape index (κ3) is 3.70. The Morgan fingerprint density at radius 1 is 1.65 bits per heavy atom. The summed E-state index contributed by atoms with van der Waals surface area (Å²) in [6, 6.07) is 6.22. The monoisotopic (exact) mass is 254 g/mol. The van der Waals surface area contributed by atoms with E-state index in [0.29, 0.717) is 13.0 Å². The number of nitro groups is 1. The van der Waals surface area contributed by atoms with Crippen LogP contribution in [0.15, 0.2) is 18.2 Å². The Kier molecular flexibility index (Phi) is 4.88. The van der Waals surface area contributed by atoms with Gasteiger partial charge < -0.3 is 4.74 Å². The molecule has 0 fully saturated rings. The highest BCUT2D eigenvalue weighted by molar-refractivity contribution is 6.20. The summed E-state index contributed by atoms with van der Waals surface area (Å²) in [6.07, 6.45) is 0.502. The first-order valence-corrected chi connectivity index (χ1v) is 5.32. The van der Waals surface area contributed by atoms with Gasteiger partial charge in [0.1, 0.15) is 11.6 Å². The van der Waals surface area contributed by atoms with Crippen molar-refractivity contribution in [3.8, 4) is 6.07 Å². The molecular weight excluding hydrogens is 244 g/mol. The molecule has 0 N–H and O–H groups in total. The molecule has 0 bridgehead atoms. The van der Waals surface area contributed by atoms with Crippen molar-refractivity contribution in [3.05, 3.63) is 39.4 Å². The van der Waals surface area contributed by atoms with Gasteiger partial charge in [0, 0.05) is 13.2 Å². The SMILES string of the molecule is COCC(Cl)Cc1ccc([N+](=O)[O-])c(C#N)c1. The molecule has 17 heavy (non-hydrogen) atoms. The number of ether oxygens (including phenoxy) is 1. The summed E-state index contributed by atoms with van der Waals surface area (Å²) in [5.41, 5.74) is 0.645. The van der Waals surface area contributed by atoms with Gasteiger partial charge in [-0.1, -0.05) is 6.07 Å². The van der Waals surface area contributed by atoms with Gasteiger partial charge in [0.05, 0.1) is 16.9 Å². The molecule has 1 aromatic rings. The molecule has 0 aliphatic heterocycles. The van der Waals surface area contributed by atoms with Gasteiger partial charge in [-0.3, -0.25) is 10.1 Å². The molecule has 1 aromatic carbocycles. The Morgan fingerprint density at radius 2 is 2.35 bits per heavy atom. The summed E-state index contributed by atoms with van der Waals surface area (Å²) in [6.45, 7) is 0.389. The Hall–Kier alpha value is -1.64. The lowest BCUT2D eigenvalue weighted by atomic mass is 10.1. The van der Waals surface area contributed by atoms with E-state index in [9.17, 15) is 10.1 Å². The summed E-state index contributed by atoms with van der Waals surface area (Å²) in [5.74, 6) is 0. The highest BCUT2D eigenvalue weighted by Gasteiger charge is 2.15. The Balaban J connectivity index is 2.91. The van der Waals surface area contributed by atoms with Crippen LogP contribution in [0.25, 0.3) is 0 Å². The molecule has 0 aliphatic carbocycles. The van der Waals surface area contributed by atoms with Gasteiger partial charge in [0.15, 0.2) is 0 Å². The minimum Gasteiger partial charge on any atom is -0.383 e. The second-order valence-corrected chi connectivity index (χ2v) is 4.09. The number of nitro benzene ring substituents is 1. The predicted octanol–water partition coefficient (Wildman–Crippen LogP) is 2.26. The zero-order valence-corrected chi connectivity index (χ0v) is 9.98. The minimum atomic E-state index is -0.574. The van der Waals surface area contributed by atoms with Crippen molar-refractivity contribution in [2.75, 3.05) is 13.7 Å². The maximum absolute atomic E-state index is 10.6. The fourth-order valence-corrected chi connectivity index (χ4v) is 1.76. The maximum Gasteiger partial charge on any atom is 0.287 e. The quantitative estimate of drug-likeness (QED) is 0.459. The number of halogens is 1. The Bertz CT molecular complexity index is 457. The molecule has 0 aromatic heterocycles. The van der Waals surface area contributed by atoms with Gasteiger partial charge >= 0.3 is 0 Å². The normalized spacial score (nSPS) is 11.8. The highest BCUT2D eigenvalue weighted by Crippen LogP contribution is 2.20. The van der Waals surface area contributed by atoms with Crippen LogP contribution < -0.4 is 0 Å². The molecule has 1 unspecified atom stereocenters. The van der Waals surface area contributed by atoms with Gasteiger partial charge in [-0.05, 0) is 18.1 Å². The molecular formula is C11H11ClN2O3.